The molecular weight excluding hydrogens is 503 g/mol. The van der Waals surface area contributed by atoms with Crippen molar-refractivity contribution in [1.82, 2.24) is 4.90 Å². The van der Waals surface area contributed by atoms with Crippen LogP contribution in [-0.4, -0.2) is 47.2 Å². The van der Waals surface area contributed by atoms with Crippen molar-refractivity contribution in [1.29, 1.82) is 0 Å². The molecule has 3 amide bonds. The lowest BCUT2D eigenvalue weighted by atomic mass is 10.2. The van der Waals surface area contributed by atoms with E-state index in [0.717, 1.165) is 4.90 Å². The van der Waals surface area contributed by atoms with E-state index in [0.29, 0.717) is 28.0 Å². The predicted molar refractivity (Wildman–Crippen MR) is 131 cm³/mol. The summed E-state index contributed by atoms with van der Waals surface area (Å²) in [6, 6.07) is 11.5. The molecule has 0 bridgehead atoms. The number of amides is 3. The van der Waals surface area contributed by atoms with Crippen molar-refractivity contribution in [3.05, 3.63) is 63.0 Å². The summed E-state index contributed by atoms with van der Waals surface area (Å²) in [6.45, 7) is 2.60. The number of esters is 1. The van der Waals surface area contributed by atoms with Gasteiger partial charge in [0, 0.05) is 0 Å². The predicted octanol–water partition coefficient (Wildman–Crippen LogP) is 5.00. The van der Waals surface area contributed by atoms with Gasteiger partial charge >= 0.3 is 5.97 Å². The Hall–Kier alpha value is -3.01. The van der Waals surface area contributed by atoms with Crippen molar-refractivity contribution < 1.29 is 28.7 Å². The van der Waals surface area contributed by atoms with Gasteiger partial charge in [-0.25, -0.2) is 0 Å². The van der Waals surface area contributed by atoms with E-state index in [4.69, 9.17) is 32.7 Å². The molecule has 11 heteroatoms. The van der Waals surface area contributed by atoms with Gasteiger partial charge in [-0.1, -0.05) is 41.4 Å². The molecule has 8 nitrogen and oxygen atoms in total. The van der Waals surface area contributed by atoms with Gasteiger partial charge in [-0.15, -0.1) is 0 Å². The van der Waals surface area contributed by atoms with Crippen LogP contribution in [0.3, 0.4) is 0 Å². The largest absolute Gasteiger partial charge is 0.482 e. The summed E-state index contributed by atoms with van der Waals surface area (Å²) in [5.74, 6) is -1.42. The van der Waals surface area contributed by atoms with E-state index in [9.17, 15) is 19.2 Å². The first kappa shape index (κ1) is 25.6. The topological polar surface area (TPSA) is 102 Å². The Morgan fingerprint density at radius 3 is 2.53 bits per heavy atom. The van der Waals surface area contributed by atoms with Crippen LogP contribution < -0.4 is 10.1 Å². The van der Waals surface area contributed by atoms with Crippen molar-refractivity contribution in [2.75, 3.05) is 18.5 Å². The third-order valence-electron chi connectivity index (χ3n) is 4.29. The summed E-state index contributed by atoms with van der Waals surface area (Å²) in [5, 5.41) is 2.69. The Bertz CT molecular complexity index is 1170. The number of para-hydroxylation sites is 1. The first-order valence-electron chi connectivity index (χ1n) is 10.1. The van der Waals surface area contributed by atoms with E-state index in [1.807, 2.05) is 0 Å². The quantitative estimate of drug-likeness (QED) is 0.384. The summed E-state index contributed by atoms with van der Waals surface area (Å²) in [4.78, 5) is 49.6. The molecule has 0 aliphatic carbocycles. The minimum atomic E-state index is -0.665. The van der Waals surface area contributed by atoms with Crippen LogP contribution in [0.15, 0.2) is 47.4 Å². The number of carbonyl (C=O) groups is 4. The Morgan fingerprint density at radius 2 is 1.85 bits per heavy atom. The SMILES string of the molecule is CC(C)OC(=O)CN1C(=O)S/C(=C\c2ccc(OCC(=O)Nc3ccccc3Cl)c(Cl)c2)C1=O. The Morgan fingerprint density at radius 1 is 1.12 bits per heavy atom. The molecule has 0 atom stereocenters. The molecule has 1 N–H and O–H groups in total. The lowest BCUT2D eigenvalue weighted by Gasteiger charge is -2.13. The molecule has 0 radical (unpaired) electrons. The summed E-state index contributed by atoms with van der Waals surface area (Å²) in [7, 11) is 0. The zero-order valence-corrected chi connectivity index (χ0v) is 20.5. The molecule has 1 fully saturated rings. The fourth-order valence-electron chi connectivity index (χ4n) is 2.83. The van der Waals surface area contributed by atoms with E-state index in [1.165, 1.54) is 12.1 Å². The fourth-order valence-corrected chi connectivity index (χ4v) is 4.10. The number of anilines is 1. The molecular formula is C23H20Cl2N2O6S. The Balaban J connectivity index is 1.61. The van der Waals surface area contributed by atoms with Gasteiger partial charge in [0.2, 0.25) is 0 Å². The van der Waals surface area contributed by atoms with Crippen molar-refractivity contribution in [3.8, 4) is 5.75 Å². The van der Waals surface area contributed by atoms with Crippen molar-refractivity contribution >= 4 is 69.8 Å². The average molecular weight is 523 g/mol. The number of halogens is 2. The minimum absolute atomic E-state index is 0.145. The highest BCUT2D eigenvalue weighted by atomic mass is 35.5. The van der Waals surface area contributed by atoms with Gasteiger partial charge in [-0.3, -0.25) is 24.1 Å². The first-order chi connectivity index (χ1) is 16.1. The number of nitrogens with zero attached hydrogens (tertiary/aromatic N) is 1. The molecule has 1 heterocycles. The van der Waals surface area contributed by atoms with Crippen LogP contribution in [0.5, 0.6) is 5.75 Å². The van der Waals surface area contributed by atoms with E-state index >= 15 is 0 Å². The zero-order chi connectivity index (χ0) is 24.8. The zero-order valence-electron chi connectivity index (χ0n) is 18.2. The molecule has 1 aliphatic heterocycles. The molecule has 0 spiro atoms. The van der Waals surface area contributed by atoms with Gasteiger partial charge in [-0.05, 0) is 61.5 Å². The van der Waals surface area contributed by atoms with Crippen LogP contribution in [0.2, 0.25) is 10.0 Å². The average Bonchev–Trinajstić information content (AvgIpc) is 3.01. The lowest BCUT2D eigenvalue weighted by molar-refractivity contribution is -0.149. The molecule has 178 valence electrons. The molecule has 34 heavy (non-hydrogen) atoms. The van der Waals surface area contributed by atoms with Gasteiger partial charge < -0.3 is 14.8 Å². The third-order valence-corrected chi connectivity index (χ3v) is 5.82. The van der Waals surface area contributed by atoms with Crippen molar-refractivity contribution in [2.24, 2.45) is 0 Å². The molecule has 1 saturated heterocycles. The lowest BCUT2D eigenvalue weighted by Crippen LogP contribution is -2.35. The minimum Gasteiger partial charge on any atom is -0.482 e. The van der Waals surface area contributed by atoms with Crippen LogP contribution in [0.1, 0.15) is 19.4 Å². The molecule has 3 rings (SSSR count). The van der Waals surface area contributed by atoms with Gasteiger partial charge in [0.1, 0.15) is 12.3 Å². The fraction of sp³-hybridized carbons (Fsp3) is 0.217. The second-order valence-corrected chi connectivity index (χ2v) is 9.12. The highest BCUT2D eigenvalue weighted by Crippen LogP contribution is 2.33. The number of thioether (sulfide) groups is 1. The van der Waals surface area contributed by atoms with Gasteiger partial charge in [-0.2, -0.15) is 0 Å². The Kier molecular flexibility index (Phi) is 8.60. The number of rotatable bonds is 8. The van der Waals surface area contributed by atoms with Crippen LogP contribution in [0.4, 0.5) is 10.5 Å². The van der Waals surface area contributed by atoms with Crippen LogP contribution in [0, 0.1) is 0 Å². The van der Waals surface area contributed by atoms with E-state index in [1.54, 1.807) is 50.2 Å². The summed E-state index contributed by atoms with van der Waals surface area (Å²) < 4.78 is 10.5. The number of ether oxygens (including phenoxy) is 2. The van der Waals surface area contributed by atoms with Gasteiger partial charge in [0.15, 0.2) is 6.61 Å². The number of nitrogens with one attached hydrogen (secondary N) is 1. The van der Waals surface area contributed by atoms with Crippen LogP contribution in [0.25, 0.3) is 6.08 Å². The Labute approximate surface area is 210 Å². The number of hydrogen-bond donors (Lipinski definition) is 1. The number of hydrogen-bond acceptors (Lipinski definition) is 7. The van der Waals surface area contributed by atoms with Gasteiger partial charge in [0.25, 0.3) is 17.1 Å². The van der Waals surface area contributed by atoms with E-state index in [-0.39, 0.29) is 28.4 Å². The van der Waals surface area contributed by atoms with Crippen LogP contribution >= 0.6 is 35.0 Å². The summed E-state index contributed by atoms with van der Waals surface area (Å²) in [6.07, 6.45) is 1.13. The maximum atomic E-state index is 12.5. The number of imide groups is 1. The first-order valence-corrected chi connectivity index (χ1v) is 11.6. The third kappa shape index (κ3) is 6.75. The normalized spacial score (nSPS) is 14.6. The highest BCUT2D eigenvalue weighted by molar-refractivity contribution is 8.18. The highest BCUT2D eigenvalue weighted by Gasteiger charge is 2.36. The van der Waals surface area contributed by atoms with E-state index < -0.39 is 29.6 Å². The maximum Gasteiger partial charge on any atom is 0.326 e. The molecule has 0 unspecified atom stereocenters. The summed E-state index contributed by atoms with van der Waals surface area (Å²) in [5.41, 5.74) is 0.999. The standard InChI is InChI=1S/C23H20Cl2N2O6S/c1-13(2)33-21(29)11-27-22(30)19(34-23(27)31)10-14-7-8-18(16(25)9-14)32-12-20(28)26-17-6-4-3-5-15(17)24/h3-10,13H,11-12H2,1-2H3,(H,26,28)/b19-10-. The second-order valence-electron chi connectivity index (χ2n) is 7.31. The van der Waals surface area contributed by atoms with E-state index in [2.05, 4.69) is 5.32 Å². The van der Waals surface area contributed by atoms with Crippen molar-refractivity contribution in [3.63, 3.8) is 0 Å². The molecule has 2 aromatic carbocycles. The smallest absolute Gasteiger partial charge is 0.326 e. The van der Waals surface area contributed by atoms with Crippen LogP contribution in [-0.2, 0) is 19.1 Å². The van der Waals surface area contributed by atoms with Gasteiger partial charge in [0.05, 0.1) is 26.7 Å². The molecule has 1 aliphatic rings. The summed E-state index contributed by atoms with van der Waals surface area (Å²) >= 11 is 13.0. The number of benzene rings is 2. The van der Waals surface area contributed by atoms with Crippen molar-refractivity contribution in [2.45, 2.75) is 20.0 Å². The molecule has 0 aromatic heterocycles. The molecule has 2 aromatic rings. The number of carbonyl (C=O) groups excluding carboxylic acids is 4. The molecule has 0 saturated carbocycles. The second kappa shape index (κ2) is 11.4. The maximum absolute atomic E-state index is 12.5. The monoisotopic (exact) mass is 522 g/mol.